The number of nitrogens with zero attached hydrogens (tertiary/aromatic N) is 3. The van der Waals surface area contributed by atoms with Gasteiger partial charge in [-0.15, -0.1) is 0 Å². The number of aryl methyl sites for hydroxylation is 1. The Bertz CT molecular complexity index is 649. The number of rotatable bonds is 5. The van der Waals surface area contributed by atoms with Gasteiger partial charge in [0.2, 0.25) is 5.95 Å². The van der Waals surface area contributed by atoms with E-state index in [-0.39, 0.29) is 0 Å². The van der Waals surface area contributed by atoms with E-state index in [4.69, 9.17) is 16.6 Å². The fraction of sp³-hybridized carbons (Fsp3) is 0.474. The molecule has 128 valence electrons. The smallest absolute Gasteiger partial charge is 0.227 e. The molecule has 24 heavy (non-hydrogen) atoms. The number of nitrogens with one attached hydrogen (secondary N) is 1. The first-order valence-corrected chi connectivity index (χ1v) is 9.17. The van der Waals surface area contributed by atoms with E-state index in [2.05, 4.69) is 27.3 Å². The number of hydrogen-bond donors (Lipinski definition) is 1. The minimum Gasteiger partial charge on any atom is -0.370 e. The molecule has 1 aromatic carbocycles. The summed E-state index contributed by atoms with van der Waals surface area (Å²) in [5.74, 6) is 1.78. The lowest BCUT2D eigenvalue weighted by Gasteiger charge is -2.21. The first-order chi connectivity index (χ1) is 11.7. The summed E-state index contributed by atoms with van der Waals surface area (Å²) in [4.78, 5) is 11.7. The Morgan fingerprint density at radius 3 is 2.46 bits per heavy atom. The third-order valence-electron chi connectivity index (χ3n) is 4.36. The van der Waals surface area contributed by atoms with Gasteiger partial charge >= 0.3 is 0 Å². The molecule has 0 amide bonds. The number of benzene rings is 1. The maximum Gasteiger partial charge on any atom is 0.227 e. The SMILES string of the molecule is Cc1cc(NCCc2ccc(Cl)cc2)nc(N2CCCCCC2)n1. The van der Waals surface area contributed by atoms with Gasteiger partial charge in [-0.1, -0.05) is 36.6 Å². The molecule has 0 saturated carbocycles. The zero-order valence-electron chi connectivity index (χ0n) is 14.3. The summed E-state index contributed by atoms with van der Waals surface area (Å²) in [5, 5.41) is 4.21. The van der Waals surface area contributed by atoms with E-state index in [0.717, 1.165) is 48.5 Å². The van der Waals surface area contributed by atoms with Crippen molar-refractivity contribution in [1.82, 2.24) is 9.97 Å². The largest absolute Gasteiger partial charge is 0.370 e. The maximum atomic E-state index is 5.92. The molecule has 3 rings (SSSR count). The minimum atomic E-state index is 0.778. The molecule has 1 fully saturated rings. The van der Waals surface area contributed by atoms with E-state index >= 15 is 0 Å². The molecule has 0 aliphatic carbocycles. The summed E-state index contributed by atoms with van der Waals surface area (Å²) >= 11 is 5.92. The molecule has 5 heteroatoms. The van der Waals surface area contributed by atoms with Crippen molar-refractivity contribution in [2.45, 2.75) is 39.0 Å². The lowest BCUT2D eigenvalue weighted by atomic mass is 10.1. The molecule has 1 aromatic heterocycles. The molecule has 0 bridgehead atoms. The molecule has 4 nitrogen and oxygen atoms in total. The van der Waals surface area contributed by atoms with Gasteiger partial charge < -0.3 is 10.2 Å². The molecular weight excluding hydrogens is 320 g/mol. The number of hydrogen-bond acceptors (Lipinski definition) is 4. The van der Waals surface area contributed by atoms with E-state index < -0.39 is 0 Å². The summed E-state index contributed by atoms with van der Waals surface area (Å²) in [6, 6.07) is 10.0. The molecule has 0 atom stereocenters. The maximum absolute atomic E-state index is 5.92. The Kier molecular flexibility index (Phi) is 5.91. The summed E-state index contributed by atoms with van der Waals surface area (Å²) in [6.07, 6.45) is 6.04. The molecular formula is C19H25ClN4. The molecule has 0 spiro atoms. The van der Waals surface area contributed by atoms with Gasteiger partial charge in [0.15, 0.2) is 0 Å². The Morgan fingerprint density at radius 2 is 1.75 bits per heavy atom. The first-order valence-electron chi connectivity index (χ1n) is 8.80. The molecule has 1 saturated heterocycles. The van der Waals surface area contributed by atoms with Gasteiger partial charge in [0.1, 0.15) is 5.82 Å². The second-order valence-corrected chi connectivity index (χ2v) is 6.84. The predicted molar refractivity (Wildman–Crippen MR) is 101 cm³/mol. The standard InChI is InChI=1S/C19H25ClN4/c1-15-14-18(21-11-10-16-6-8-17(20)9-7-16)23-19(22-15)24-12-4-2-3-5-13-24/h6-9,14H,2-5,10-13H2,1H3,(H,21,22,23). The van der Waals surface area contributed by atoms with E-state index in [1.54, 1.807) is 0 Å². The van der Waals surface area contributed by atoms with E-state index in [0.29, 0.717) is 0 Å². The average molecular weight is 345 g/mol. The monoisotopic (exact) mass is 344 g/mol. The van der Waals surface area contributed by atoms with Gasteiger partial charge in [-0.3, -0.25) is 0 Å². The Balaban J connectivity index is 1.61. The number of halogens is 1. The molecule has 2 heterocycles. The van der Waals surface area contributed by atoms with Gasteiger partial charge in [0.05, 0.1) is 0 Å². The Labute approximate surface area is 149 Å². The molecule has 0 unspecified atom stereocenters. The van der Waals surface area contributed by atoms with Crippen LogP contribution in [0.1, 0.15) is 36.9 Å². The van der Waals surface area contributed by atoms with Crippen LogP contribution >= 0.6 is 11.6 Å². The van der Waals surface area contributed by atoms with Crippen LogP contribution in [-0.2, 0) is 6.42 Å². The second-order valence-electron chi connectivity index (χ2n) is 6.40. The van der Waals surface area contributed by atoms with Crippen molar-refractivity contribution in [3.63, 3.8) is 0 Å². The first kappa shape index (κ1) is 17.0. The molecule has 1 aliphatic rings. The van der Waals surface area contributed by atoms with Crippen LogP contribution in [0.25, 0.3) is 0 Å². The van der Waals surface area contributed by atoms with Gasteiger partial charge in [0, 0.05) is 36.4 Å². The van der Waals surface area contributed by atoms with Gasteiger partial charge in [-0.25, -0.2) is 4.98 Å². The van der Waals surface area contributed by atoms with E-state index in [9.17, 15) is 0 Å². The van der Waals surface area contributed by atoms with Crippen molar-refractivity contribution in [2.75, 3.05) is 29.9 Å². The lowest BCUT2D eigenvalue weighted by Crippen LogP contribution is -2.26. The second kappa shape index (κ2) is 8.34. The van der Waals surface area contributed by atoms with Gasteiger partial charge in [0.25, 0.3) is 0 Å². The fourth-order valence-corrected chi connectivity index (χ4v) is 3.17. The summed E-state index contributed by atoms with van der Waals surface area (Å²) in [5.41, 5.74) is 2.28. The Morgan fingerprint density at radius 1 is 1.04 bits per heavy atom. The highest BCUT2D eigenvalue weighted by atomic mass is 35.5. The lowest BCUT2D eigenvalue weighted by molar-refractivity contribution is 0.726. The third-order valence-corrected chi connectivity index (χ3v) is 4.62. The zero-order valence-corrected chi connectivity index (χ0v) is 15.0. The molecule has 2 aromatic rings. The molecule has 0 radical (unpaired) electrons. The topological polar surface area (TPSA) is 41.1 Å². The quantitative estimate of drug-likeness (QED) is 0.868. The van der Waals surface area contributed by atoms with Crippen LogP contribution in [0.15, 0.2) is 30.3 Å². The van der Waals surface area contributed by atoms with Crippen molar-refractivity contribution < 1.29 is 0 Å². The van der Waals surface area contributed by atoms with Crippen LogP contribution in [0, 0.1) is 6.92 Å². The highest BCUT2D eigenvalue weighted by molar-refractivity contribution is 6.30. The molecule has 1 N–H and O–H groups in total. The van der Waals surface area contributed by atoms with E-state index in [1.807, 2.05) is 25.1 Å². The minimum absolute atomic E-state index is 0.778. The summed E-state index contributed by atoms with van der Waals surface area (Å²) < 4.78 is 0. The van der Waals surface area contributed by atoms with Crippen LogP contribution in [0.2, 0.25) is 5.02 Å². The van der Waals surface area contributed by atoms with Crippen LogP contribution in [0.4, 0.5) is 11.8 Å². The fourth-order valence-electron chi connectivity index (χ4n) is 3.04. The zero-order chi connectivity index (χ0) is 16.8. The van der Waals surface area contributed by atoms with Crippen LogP contribution in [0.3, 0.4) is 0 Å². The van der Waals surface area contributed by atoms with Gasteiger partial charge in [-0.2, -0.15) is 4.98 Å². The van der Waals surface area contributed by atoms with Crippen molar-refractivity contribution in [3.8, 4) is 0 Å². The van der Waals surface area contributed by atoms with Gasteiger partial charge in [-0.05, 0) is 43.9 Å². The van der Waals surface area contributed by atoms with Crippen molar-refractivity contribution in [1.29, 1.82) is 0 Å². The predicted octanol–water partition coefficient (Wildman–Crippen LogP) is 4.47. The Hall–Kier alpha value is -1.81. The number of anilines is 2. The summed E-state index contributed by atoms with van der Waals surface area (Å²) in [6.45, 7) is 5.01. The average Bonchev–Trinajstić information content (AvgIpc) is 2.86. The van der Waals surface area contributed by atoms with Crippen LogP contribution < -0.4 is 10.2 Å². The number of aromatic nitrogens is 2. The van der Waals surface area contributed by atoms with Crippen LogP contribution in [-0.4, -0.2) is 29.6 Å². The molecule has 1 aliphatic heterocycles. The highest BCUT2D eigenvalue weighted by Gasteiger charge is 2.13. The normalized spacial score (nSPS) is 15.2. The van der Waals surface area contributed by atoms with Crippen molar-refractivity contribution in [3.05, 3.63) is 46.6 Å². The van der Waals surface area contributed by atoms with Crippen LogP contribution in [0.5, 0.6) is 0 Å². The highest BCUT2D eigenvalue weighted by Crippen LogP contribution is 2.18. The third kappa shape index (κ3) is 4.84. The summed E-state index contributed by atoms with van der Waals surface area (Å²) in [7, 11) is 0. The van der Waals surface area contributed by atoms with Crippen molar-refractivity contribution in [2.24, 2.45) is 0 Å². The van der Waals surface area contributed by atoms with E-state index in [1.165, 1.54) is 31.2 Å². The van der Waals surface area contributed by atoms with Crippen molar-refractivity contribution >= 4 is 23.4 Å².